The molecule has 1 amide bonds. The van der Waals surface area contributed by atoms with Crippen LogP contribution in [0.3, 0.4) is 0 Å². The van der Waals surface area contributed by atoms with E-state index in [0.717, 1.165) is 11.3 Å². The van der Waals surface area contributed by atoms with E-state index in [1.807, 2.05) is 13.1 Å². The van der Waals surface area contributed by atoms with E-state index in [4.69, 9.17) is 16.3 Å². The first-order chi connectivity index (χ1) is 6.77. The molecule has 0 radical (unpaired) electrons. The molecule has 1 unspecified atom stereocenters. The molecule has 2 rings (SSSR count). The Morgan fingerprint density at radius 3 is 3.21 bits per heavy atom. The molecule has 0 aromatic heterocycles. The molecule has 1 saturated heterocycles. The van der Waals surface area contributed by atoms with Crippen LogP contribution in [0.4, 0.5) is 0 Å². The number of rotatable bonds is 3. The van der Waals surface area contributed by atoms with Gasteiger partial charge in [0.2, 0.25) is 0 Å². The number of ether oxygens (including phenoxy) is 1. The number of amides is 1. The number of hydrogen-bond acceptors (Lipinski definition) is 3. The summed E-state index contributed by atoms with van der Waals surface area (Å²) in [5, 5.41) is 0.175. The second kappa shape index (κ2) is 4.13. The Balaban J connectivity index is 2.04. The highest BCUT2D eigenvalue weighted by atomic mass is 35.5. The first-order valence-corrected chi connectivity index (χ1v) is 6.17. The van der Waals surface area contributed by atoms with Crippen molar-refractivity contribution in [1.82, 2.24) is 4.90 Å². The van der Waals surface area contributed by atoms with Gasteiger partial charge in [-0.05, 0) is 12.5 Å². The quantitative estimate of drug-likeness (QED) is 0.546. The van der Waals surface area contributed by atoms with Crippen molar-refractivity contribution in [2.24, 2.45) is 0 Å². The maximum absolute atomic E-state index is 11.5. The molecule has 78 valence electrons. The fourth-order valence-corrected chi connectivity index (χ4v) is 3.13. The minimum absolute atomic E-state index is 0.0617. The Bertz CT molecular complexity index is 282. The van der Waals surface area contributed by atoms with Gasteiger partial charge in [-0.2, -0.15) is 0 Å². The van der Waals surface area contributed by atoms with Gasteiger partial charge in [-0.1, -0.05) is 0 Å². The highest BCUT2D eigenvalue weighted by Crippen LogP contribution is 2.37. The van der Waals surface area contributed by atoms with Crippen LogP contribution >= 0.6 is 23.4 Å². The van der Waals surface area contributed by atoms with Crippen LogP contribution in [0.5, 0.6) is 0 Å². The second-order valence-corrected chi connectivity index (χ2v) is 4.62. The monoisotopic (exact) mass is 233 g/mol. The summed E-state index contributed by atoms with van der Waals surface area (Å²) in [5.74, 6) is 1.47. The molecule has 0 aromatic carbocycles. The summed E-state index contributed by atoms with van der Waals surface area (Å²) in [5.41, 5.74) is 1.11. The topological polar surface area (TPSA) is 29.5 Å². The predicted octanol–water partition coefficient (Wildman–Crippen LogP) is 1.43. The van der Waals surface area contributed by atoms with Gasteiger partial charge in [-0.15, -0.1) is 23.4 Å². The Kier molecular flexibility index (Phi) is 3.04. The average molecular weight is 234 g/mol. The van der Waals surface area contributed by atoms with Crippen molar-refractivity contribution in [3.05, 3.63) is 11.8 Å². The first-order valence-electron chi connectivity index (χ1n) is 4.59. The van der Waals surface area contributed by atoms with Crippen molar-refractivity contribution < 1.29 is 9.53 Å². The molecule has 0 N–H and O–H groups in total. The van der Waals surface area contributed by atoms with Gasteiger partial charge in [-0.3, -0.25) is 4.79 Å². The molecule has 3 nitrogen and oxygen atoms in total. The van der Waals surface area contributed by atoms with Crippen molar-refractivity contribution >= 4 is 29.3 Å². The zero-order valence-corrected chi connectivity index (χ0v) is 9.48. The van der Waals surface area contributed by atoms with E-state index < -0.39 is 0 Å². The number of hydrogen-bond donors (Lipinski definition) is 0. The summed E-state index contributed by atoms with van der Waals surface area (Å²) in [6.07, 6.45) is 1.63. The van der Waals surface area contributed by atoms with Gasteiger partial charge in [0.25, 0.3) is 5.91 Å². The van der Waals surface area contributed by atoms with E-state index in [2.05, 4.69) is 0 Å². The molecule has 14 heavy (non-hydrogen) atoms. The fourth-order valence-electron chi connectivity index (χ4n) is 1.60. The molecule has 2 atom stereocenters. The number of β-lactam (4-membered cyclic amide) rings is 1. The Morgan fingerprint density at radius 2 is 2.57 bits per heavy atom. The summed E-state index contributed by atoms with van der Waals surface area (Å²) in [4.78, 5) is 13.3. The lowest BCUT2D eigenvalue weighted by atomic mass is 10.1. The fraction of sp³-hybridized carbons (Fsp3) is 0.667. The normalized spacial score (nSPS) is 30.9. The van der Waals surface area contributed by atoms with Crippen LogP contribution in [0.15, 0.2) is 11.8 Å². The lowest BCUT2D eigenvalue weighted by molar-refractivity contribution is -0.159. The molecule has 0 saturated carbocycles. The number of nitrogens with zero attached hydrogens (tertiary/aromatic N) is 1. The van der Waals surface area contributed by atoms with Crippen LogP contribution in [0, 0.1) is 0 Å². The van der Waals surface area contributed by atoms with Gasteiger partial charge >= 0.3 is 0 Å². The first kappa shape index (κ1) is 10.3. The number of thioether (sulfide) groups is 1. The number of fused-ring (bicyclic) bond motifs is 1. The molecule has 1 fully saturated rings. The van der Waals surface area contributed by atoms with E-state index in [1.54, 1.807) is 16.7 Å². The Hall–Kier alpha value is -0.190. The number of alkyl halides is 1. The van der Waals surface area contributed by atoms with Crippen LogP contribution in [0.2, 0.25) is 0 Å². The van der Waals surface area contributed by atoms with Gasteiger partial charge in [0.1, 0.15) is 5.37 Å². The third-order valence-corrected chi connectivity index (χ3v) is 4.01. The summed E-state index contributed by atoms with van der Waals surface area (Å²) >= 11 is 7.44. The van der Waals surface area contributed by atoms with E-state index in [9.17, 15) is 4.79 Å². The van der Waals surface area contributed by atoms with Crippen LogP contribution < -0.4 is 0 Å². The van der Waals surface area contributed by atoms with Crippen molar-refractivity contribution in [2.45, 2.75) is 18.4 Å². The van der Waals surface area contributed by atoms with Crippen molar-refractivity contribution in [1.29, 1.82) is 0 Å². The highest BCUT2D eigenvalue weighted by molar-refractivity contribution is 8.00. The molecule has 0 aliphatic carbocycles. The van der Waals surface area contributed by atoms with Crippen LogP contribution in [0.1, 0.15) is 6.92 Å². The van der Waals surface area contributed by atoms with Crippen molar-refractivity contribution in [3.8, 4) is 0 Å². The van der Waals surface area contributed by atoms with Crippen LogP contribution in [0.25, 0.3) is 0 Å². The van der Waals surface area contributed by atoms with E-state index in [-0.39, 0.29) is 17.4 Å². The standard InChI is InChI=1S/C9H12ClNO2S/c1-2-13-7-8(12)11-4-6(3-10)5-14-9(7)11/h4,7,9H,2-3,5H2,1H3/t7?,9-/m1/s1. The van der Waals surface area contributed by atoms with Crippen molar-refractivity contribution in [2.75, 3.05) is 18.2 Å². The molecule has 0 spiro atoms. The minimum atomic E-state index is -0.238. The maximum Gasteiger partial charge on any atom is 0.259 e. The lowest BCUT2D eigenvalue weighted by Crippen LogP contribution is -2.63. The number of halogens is 1. The van der Waals surface area contributed by atoms with E-state index in [0.29, 0.717) is 12.5 Å². The second-order valence-electron chi connectivity index (χ2n) is 3.24. The smallest absolute Gasteiger partial charge is 0.259 e. The lowest BCUT2D eigenvalue weighted by Gasteiger charge is -2.46. The summed E-state index contributed by atoms with van der Waals surface area (Å²) in [6.45, 7) is 2.50. The SMILES string of the molecule is CCOC1C(=O)N2C=C(CCl)CS[C@H]12. The summed E-state index contributed by atoms with van der Waals surface area (Å²) < 4.78 is 5.35. The Labute approximate surface area is 92.4 Å². The molecule has 2 heterocycles. The van der Waals surface area contributed by atoms with Gasteiger partial charge in [-0.25, -0.2) is 0 Å². The summed E-state index contributed by atoms with van der Waals surface area (Å²) in [7, 11) is 0. The molecular weight excluding hydrogens is 222 g/mol. The van der Waals surface area contributed by atoms with Crippen LogP contribution in [-0.2, 0) is 9.53 Å². The predicted molar refractivity (Wildman–Crippen MR) is 57.3 cm³/mol. The highest BCUT2D eigenvalue weighted by Gasteiger charge is 2.49. The largest absolute Gasteiger partial charge is 0.366 e. The van der Waals surface area contributed by atoms with Crippen LogP contribution in [-0.4, -0.2) is 40.5 Å². The Morgan fingerprint density at radius 1 is 1.79 bits per heavy atom. The van der Waals surface area contributed by atoms with Gasteiger partial charge in [0, 0.05) is 24.4 Å². The van der Waals surface area contributed by atoms with Gasteiger partial charge in [0.15, 0.2) is 6.10 Å². The molecule has 0 aromatic rings. The number of carbonyl (C=O) groups is 1. The third kappa shape index (κ3) is 1.55. The number of carbonyl (C=O) groups excluding carboxylic acids is 1. The average Bonchev–Trinajstić information content (AvgIpc) is 2.24. The van der Waals surface area contributed by atoms with E-state index >= 15 is 0 Å². The van der Waals surface area contributed by atoms with Crippen molar-refractivity contribution in [3.63, 3.8) is 0 Å². The van der Waals surface area contributed by atoms with Gasteiger partial charge < -0.3 is 9.64 Å². The molecular formula is C9H12ClNO2S. The van der Waals surface area contributed by atoms with E-state index in [1.165, 1.54) is 0 Å². The van der Waals surface area contributed by atoms with Gasteiger partial charge in [0.05, 0.1) is 0 Å². The summed E-state index contributed by atoms with van der Waals surface area (Å²) in [6, 6.07) is 0. The zero-order valence-electron chi connectivity index (χ0n) is 7.90. The molecule has 2 aliphatic rings. The third-order valence-electron chi connectivity index (χ3n) is 2.31. The minimum Gasteiger partial charge on any atom is -0.366 e. The molecule has 5 heteroatoms. The zero-order chi connectivity index (χ0) is 10.1. The molecule has 0 bridgehead atoms. The maximum atomic E-state index is 11.5. The molecule has 2 aliphatic heterocycles.